The number of carboxylic acid groups (broad SMARTS) is 1. The molecule has 0 bridgehead atoms. The molecule has 0 saturated carbocycles. The molecule has 1 amide bonds. The van der Waals surface area contributed by atoms with Gasteiger partial charge in [-0.15, -0.1) is 0 Å². The van der Waals surface area contributed by atoms with Gasteiger partial charge in [0, 0.05) is 19.2 Å². The van der Waals surface area contributed by atoms with E-state index in [4.69, 9.17) is 9.84 Å². The number of carbonyl (C=O) groups excluding carboxylic acids is 1. The molecule has 0 aliphatic carbocycles. The van der Waals surface area contributed by atoms with Gasteiger partial charge in [0.15, 0.2) is 0 Å². The largest absolute Gasteiger partial charge is 0.480 e. The minimum atomic E-state index is -0.940. The van der Waals surface area contributed by atoms with E-state index in [-0.39, 0.29) is 24.5 Å². The summed E-state index contributed by atoms with van der Waals surface area (Å²) < 4.78 is 4.81. The lowest BCUT2D eigenvalue weighted by molar-refractivity contribution is -0.140. The van der Waals surface area contributed by atoms with Crippen LogP contribution in [0, 0.1) is 0 Å². The quantitative estimate of drug-likeness (QED) is 0.615. The van der Waals surface area contributed by atoms with Crippen molar-refractivity contribution >= 4 is 11.9 Å². The lowest BCUT2D eigenvalue weighted by Crippen LogP contribution is -2.49. The van der Waals surface area contributed by atoms with Crippen molar-refractivity contribution < 1.29 is 19.4 Å². The highest BCUT2D eigenvalue weighted by Crippen LogP contribution is 2.11. The summed E-state index contributed by atoms with van der Waals surface area (Å²) in [5, 5.41) is 11.4. The summed E-state index contributed by atoms with van der Waals surface area (Å²) >= 11 is 0. The third-order valence-corrected chi connectivity index (χ3v) is 2.24. The molecule has 0 aliphatic heterocycles. The molecule has 100 valence electrons. The van der Waals surface area contributed by atoms with Crippen molar-refractivity contribution in [3.8, 4) is 0 Å². The number of methoxy groups -OCH3 is 1. The zero-order valence-corrected chi connectivity index (χ0v) is 10.9. The van der Waals surface area contributed by atoms with Gasteiger partial charge in [-0.3, -0.25) is 14.5 Å². The lowest BCUT2D eigenvalue weighted by Gasteiger charge is -2.33. The van der Waals surface area contributed by atoms with Crippen molar-refractivity contribution in [1.82, 2.24) is 10.2 Å². The number of rotatable bonds is 7. The minimum absolute atomic E-state index is 0.0690. The Hall–Kier alpha value is -1.14. The van der Waals surface area contributed by atoms with Gasteiger partial charge in [-0.05, 0) is 20.8 Å². The standard InChI is InChI=1S/C11H22N2O4/c1-11(2,3)13(8-10(15)16)7-9(14)12-5-6-17-4/h5-8H2,1-4H3,(H,12,14)(H,15,16). The summed E-state index contributed by atoms with van der Waals surface area (Å²) in [7, 11) is 1.55. The Kier molecular flexibility index (Phi) is 6.75. The monoisotopic (exact) mass is 246 g/mol. The molecule has 0 aliphatic rings. The number of nitrogens with zero attached hydrogens (tertiary/aromatic N) is 1. The van der Waals surface area contributed by atoms with Gasteiger partial charge < -0.3 is 15.2 Å². The van der Waals surface area contributed by atoms with E-state index in [1.54, 1.807) is 12.0 Å². The maximum Gasteiger partial charge on any atom is 0.317 e. The van der Waals surface area contributed by atoms with E-state index in [0.717, 1.165) is 0 Å². The van der Waals surface area contributed by atoms with Crippen LogP contribution in [0.5, 0.6) is 0 Å². The summed E-state index contributed by atoms with van der Waals surface area (Å²) in [6.07, 6.45) is 0. The van der Waals surface area contributed by atoms with Crippen LogP contribution in [0.1, 0.15) is 20.8 Å². The highest BCUT2D eigenvalue weighted by molar-refractivity contribution is 5.79. The van der Waals surface area contributed by atoms with E-state index < -0.39 is 5.97 Å². The smallest absolute Gasteiger partial charge is 0.317 e. The van der Waals surface area contributed by atoms with Crippen LogP contribution in [0.2, 0.25) is 0 Å². The molecular formula is C11H22N2O4. The number of aliphatic carboxylic acids is 1. The maximum absolute atomic E-state index is 11.6. The second-order valence-corrected chi connectivity index (χ2v) is 4.76. The molecular weight excluding hydrogens is 224 g/mol. The second kappa shape index (κ2) is 7.24. The zero-order valence-electron chi connectivity index (χ0n) is 10.9. The molecule has 2 N–H and O–H groups in total. The second-order valence-electron chi connectivity index (χ2n) is 4.76. The average Bonchev–Trinajstić information content (AvgIpc) is 2.15. The number of ether oxygens (including phenoxy) is 1. The van der Waals surface area contributed by atoms with Crippen LogP contribution >= 0.6 is 0 Å². The first-order valence-corrected chi connectivity index (χ1v) is 5.50. The molecule has 0 fully saturated rings. The Bertz CT molecular complexity index is 261. The third kappa shape index (κ3) is 7.70. The van der Waals surface area contributed by atoms with Crippen LogP contribution in [0.3, 0.4) is 0 Å². The Morgan fingerprint density at radius 3 is 2.29 bits per heavy atom. The predicted molar refractivity (Wildman–Crippen MR) is 63.8 cm³/mol. The van der Waals surface area contributed by atoms with Crippen LogP contribution in [-0.2, 0) is 14.3 Å². The molecule has 17 heavy (non-hydrogen) atoms. The molecule has 6 heteroatoms. The first kappa shape index (κ1) is 15.9. The summed E-state index contributed by atoms with van der Waals surface area (Å²) in [6.45, 7) is 6.41. The van der Waals surface area contributed by atoms with E-state index in [1.165, 1.54) is 0 Å². The Balaban J connectivity index is 4.24. The number of carbonyl (C=O) groups is 2. The summed E-state index contributed by atoms with van der Waals surface area (Å²) in [5.41, 5.74) is -0.364. The SMILES string of the molecule is COCCNC(=O)CN(CC(=O)O)C(C)(C)C. The Labute approximate surface area is 102 Å². The highest BCUT2D eigenvalue weighted by Gasteiger charge is 2.25. The van der Waals surface area contributed by atoms with Gasteiger partial charge in [-0.1, -0.05) is 0 Å². The van der Waals surface area contributed by atoms with Gasteiger partial charge in [0.1, 0.15) is 0 Å². The fraction of sp³-hybridized carbons (Fsp3) is 0.818. The molecule has 0 aromatic rings. The van der Waals surface area contributed by atoms with Crippen molar-refractivity contribution in [2.24, 2.45) is 0 Å². The zero-order chi connectivity index (χ0) is 13.5. The summed E-state index contributed by atoms with van der Waals surface area (Å²) in [4.78, 5) is 23.9. The van der Waals surface area contributed by atoms with Crippen molar-refractivity contribution in [2.45, 2.75) is 26.3 Å². The van der Waals surface area contributed by atoms with Gasteiger partial charge in [0.2, 0.25) is 5.91 Å². The average molecular weight is 246 g/mol. The van der Waals surface area contributed by atoms with Gasteiger partial charge in [0.25, 0.3) is 0 Å². The van der Waals surface area contributed by atoms with Gasteiger partial charge in [-0.25, -0.2) is 0 Å². The molecule has 0 heterocycles. The van der Waals surface area contributed by atoms with Crippen molar-refractivity contribution in [3.05, 3.63) is 0 Å². The first-order chi connectivity index (χ1) is 7.77. The van der Waals surface area contributed by atoms with Crippen molar-refractivity contribution in [2.75, 3.05) is 33.4 Å². The molecule has 0 unspecified atom stereocenters. The molecule has 0 radical (unpaired) electrons. The van der Waals surface area contributed by atoms with E-state index in [2.05, 4.69) is 5.32 Å². The normalized spacial score (nSPS) is 11.6. The fourth-order valence-electron chi connectivity index (χ4n) is 1.22. The van der Waals surface area contributed by atoms with E-state index in [0.29, 0.717) is 13.2 Å². The van der Waals surface area contributed by atoms with Crippen molar-refractivity contribution in [3.63, 3.8) is 0 Å². The molecule has 0 aromatic carbocycles. The molecule has 6 nitrogen and oxygen atoms in total. The third-order valence-electron chi connectivity index (χ3n) is 2.24. The van der Waals surface area contributed by atoms with Crippen LogP contribution in [-0.4, -0.2) is 60.8 Å². The van der Waals surface area contributed by atoms with E-state index in [1.807, 2.05) is 20.8 Å². The Morgan fingerprint density at radius 2 is 1.88 bits per heavy atom. The van der Waals surface area contributed by atoms with Gasteiger partial charge in [-0.2, -0.15) is 0 Å². The lowest BCUT2D eigenvalue weighted by atomic mass is 10.1. The summed E-state index contributed by atoms with van der Waals surface area (Å²) in [5.74, 6) is -1.14. The predicted octanol–water partition coefficient (Wildman–Crippen LogP) is -0.0659. The molecule has 0 aromatic heterocycles. The van der Waals surface area contributed by atoms with Crippen molar-refractivity contribution in [1.29, 1.82) is 0 Å². The molecule has 0 spiro atoms. The van der Waals surface area contributed by atoms with E-state index in [9.17, 15) is 9.59 Å². The van der Waals surface area contributed by atoms with E-state index >= 15 is 0 Å². The maximum atomic E-state index is 11.6. The number of amides is 1. The highest BCUT2D eigenvalue weighted by atomic mass is 16.5. The number of nitrogens with one attached hydrogen (secondary N) is 1. The molecule has 0 rings (SSSR count). The molecule has 0 atom stereocenters. The van der Waals surface area contributed by atoms with Crippen LogP contribution in [0.15, 0.2) is 0 Å². The fourth-order valence-corrected chi connectivity index (χ4v) is 1.22. The van der Waals surface area contributed by atoms with Gasteiger partial charge >= 0.3 is 5.97 Å². The Morgan fingerprint density at radius 1 is 1.29 bits per heavy atom. The topological polar surface area (TPSA) is 78.9 Å². The first-order valence-electron chi connectivity index (χ1n) is 5.50. The molecule has 0 saturated heterocycles. The minimum Gasteiger partial charge on any atom is -0.480 e. The summed E-state index contributed by atoms with van der Waals surface area (Å²) in [6, 6.07) is 0. The number of hydrogen-bond acceptors (Lipinski definition) is 4. The van der Waals surface area contributed by atoms with Crippen LogP contribution in [0.25, 0.3) is 0 Å². The van der Waals surface area contributed by atoms with Gasteiger partial charge in [0.05, 0.1) is 19.7 Å². The van der Waals surface area contributed by atoms with Crippen LogP contribution < -0.4 is 5.32 Å². The number of hydrogen-bond donors (Lipinski definition) is 2. The number of carboxylic acids is 1. The van der Waals surface area contributed by atoms with Crippen LogP contribution in [0.4, 0.5) is 0 Å².